The van der Waals surface area contributed by atoms with E-state index in [1.54, 1.807) is 7.11 Å². The molecule has 1 aliphatic rings. The second kappa shape index (κ2) is 6.63. The number of ether oxygens (including phenoxy) is 1. The van der Waals surface area contributed by atoms with Crippen molar-refractivity contribution in [2.75, 3.05) is 13.7 Å². The van der Waals surface area contributed by atoms with Gasteiger partial charge in [0.15, 0.2) is 0 Å². The van der Waals surface area contributed by atoms with E-state index in [0.717, 1.165) is 11.1 Å². The summed E-state index contributed by atoms with van der Waals surface area (Å²) in [5.41, 5.74) is 2.07. The predicted octanol–water partition coefficient (Wildman–Crippen LogP) is 1.15. The smallest absolute Gasteiger partial charge is 0.237 e. The average Bonchev–Trinajstić information content (AvgIpc) is 2.84. The lowest BCUT2D eigenvalue weighted by molar-refractivity contribution is -0.123. The summed E-state index contributed by atoms with van der Waals surface area (Å²) in [6, 6.07) is 7.37. The molecule has 4 nitrogen and oxygen atoms in total. The molecule has 0 spiro atoms. The van der Waals surface area contributed by atoms with Crippen molar-refractivity contribution in [3.8, 4) is 0 Å². The molecule has 0 bridgehead atoms. The van der Waals surface area contributed by atoms with Gasteiger partial charge in [0.1, 0.15) is 6.17 Å². The molecule has 1 aromatic carbocycles. The number of hydrogen-bond acceptors (Lipinski definition) is 3. The van der Waals surface area contributed by atoms with Crippen LogP contribution in [0.4, 0.5) is 4.39 Å². The summed E-state index contributed by atoms with van der Waals surface area (Å²) in [7, 11) is 1.64. The lowest BCUT2D eigenvalue weighted by Gasteiger charge is -2.13. The molecule has 2 atom stereocenters. The van der Waals surface area contributed by atoms with Crippen LogP contribution < -0.4 is 10.6 Å². The van der Waals surface area contributed by atoms with Gasteiger partial charge in [-0.3, -0.25) is 4.79 Å². The number of carbonyl (C=O) groups excluding carboxylic acids is 1. The first-order valence-corrected chi connectivity index (χ1v) is 6.41. The largest absolute Gasteiger partial charge is 0.380 e. The van der Waals surface area contributed by atoms with Crippen LogP contribution in [-0.4, -0.2) is 31.8 Å². The van der Waals surface area contributed by atoms with E-state index in [1.807, 2.05) is 24.3 Å². The fourth-order valence-corrected chi connectivity index (χ4v) is 2.22. The Morgan fingerprint density at radius 1 is 1.47 bits per heavy atom. The van der Waals surface area contributed by atoms with Crippen molar-refractivity contribution in [3.05, 3.63) is 35.4 Å². The molecule has 1 fully saturated rings. The van der Waals surface area contributed by atoms with Gasteiger partial charge >= 0.3 is 0 Å². The van der Waals surface area contributed by atoms with Gasteiger partial charge in [0, 0.05) is 26.6 Å². The SMILES string of the molecule is COCc1ccccc1CNC(=O)[C@H]1C[C@H](F)CN1. The van der Waals surface area contributed by atoms with Gasteiger partial charge in [-0.2, -0.15) is 0 Å². The quantitative estimate of drug-likeness (QED) is 0.840. The van der Waals surface area contributed by atoms with Crippen LogP contribution >= 0.6 is 0 Å². The molecule has 0 aromatic heterocycles. The van der Waals surface area contributed by atoms with E-state index >= 15 is 0 Å². The number of alkyl halides is 1. The Balaban J connectivity index is 1.89. The number of hydrogen-bond donors (Lipinski definition) is 2. The number of methoxy groups -OCH3 is 1. The molecule has 5 heteroatoms. The Morgan fingerprint density at radius 2 is 2.21 bits per heavy atom. The summed E-state index contributed by atoms with van der Waals surface area (Å²) in [5.74, 6) is -0.146. The van der Waals surface area contributed by atoms with Gasteiger partial charge in [-0.15, -0.1) is 0 Å². The van der Waals surface area contributed by atoms with Gasteiger partial charge < -0.3 is 15.4 Å². The highest BCUT2D eigenvalue weighted by molar-refractivity contribution is 5.82. The minimum atomic E-state index is -0.920. The van der Waals surface area contributed by atoms with Crippen LogP contribution in [0.2, 0.25) is 0 Å². The molecule has 0 unspecified atom stereocenters. The number of rotatable bonds is 5. The lowest BCUT2D eigenvalue weighted by Crippen LogP contribution is -2.40. The molecule has 0 saturated carbocycles. The molecule has 0 radical (unpaired) electrons. The fraction of sp³-hybridized carbons (Fsp3) is 0.500. The van der Waals surface area contributed by atoms with E-state index < -0.39 is 12.2 Å². The molecule has 2 rings (SSSR count). The van der Waals surface area contributed by atoms with E-state index in [-0.39, 0.29) is 18.9 Å². The monoisotopic (exact) mass is 266 g/mol. The fourth-order valence-electron chi connectivity index (χ4n) is 2.22. The van der Waals surface area contributed by atoms with Crippen molar-refractivity contribution in [2.24, 2.45) is 0 Å². The highest BCUT2D eigenvalue weighted by Crippen LogP contribution is 2.12. The van der Waals surface area contributed by atoms with Crippen LogP contribution in [0.3, 0.4) is 0 Å². The van der Waals surface area contributed by atoms with Crippen molar-refractivity contribution >= 4 is 5.91 Å². The van der Waals surface area contributed by atoms with Crippen LogP contribution in [0.15, 0.2) is 24.3 Å². The number of amides is 1. The zero-order chi connectivity index (χ0) is 13.7. The Morgan fingerprint density at radius 3 is 2.84 bits per heavy atom. The summed E-state index contributed by atoms with van der Waals surface area (Å²) in [5, 5.41) is 5.71. The molecule has 1 heterocycles. The Labute approximate surface area is 112 Å². The van der Waals surface area contributed by atoms with Crippen LogP contribution in [0.25, 0.3) is 0 Å². The van der Waals surface area contributed by atoms with E-state index in [2.05, 4.69) is 10.6 Å². The summed E-state index contributed by atoms with van der Waals surface area (Å²) in [6.45, 7) is 1.21. The first-order chi connectivity index (χ1) is 9.20. The van der Waals surface area contributed by atoms with Crippen molar-refractivity contribution < 1.29 is 13.9 Å². The molecular weight excluding hydrogens is 247 g/mol. The van der Waals surface area contributed by atoms with E-state index in [4.69, 9.17) is 4.74 Å². The number of nitrogens with one attached hydrogen (secondary N) is 2. The zero-order valence-corrected chi connectivity index (χ0v) is 11.0. The predicted molar refractivity (Wildman–Crippen MR) is 70.3 cm³/mol. The number of benzene rings is 1. The van der Waals surface area contributed by atoms with Gasteiger partial charge in [0.2, 0.25) is 5.91 Å². The molecule has 1 amide bonds. The van der Waals surface area contributed by atoms with E-state index in [1.165, 1.54) is 0 Å². The van der Waals surface area contributed by atoms with E-state index in [0.29, 0.717) is 13.2 Å². The Kier molecular flexibility index (Phi) is 4.87. The van der Waals surface area contributed by atoms with Crippen LogP contribution in [0, 0.1) is 0 Å². The maximum Gasteiger partial charge on any atom is 0.237 e. The molecule has 1 aromatic rings. The van der Waals surface area contributed by atoms with Crippen molar-refractivity contribution in [2.45, 2.75) is 31.8 Å². The standard InChI is InChI=1S/C14H19FN2O2/c1-19-9-11-5-3-2-4-10(11)7-17-14(18)13-6-12(15)8-16-13/h2-5,12-13,16H,6-9H2,1H3,(H,17,18)/t12-,13+/m0/s1. The van der Waals surface area contributed by atoms with Gasteiger partial charge in [-0.1, -0.05) is 24.3 Å². The second-order valence-electron chi connectivity index (χ2n) is 4.71. The van der Waals surface area contributed by atoms with Crippen LogP contribution in [-0.2, 0) is 22.7 Å². The highest BCUT2D eigenvalue weighted by atomic mass is 19.1. The van der Waals surface area contributed by atoms with Crippen molar-refractivity contribution in [3.63, 3.8) is 0 Å². The maximum absolute atomic E-state index is 13.0. The first-order valence-electron chi connectivity index (χ1n) is 6.41. The molecule has 2 N–H and O–H groups in total. The van der Waals surface area contributed by atoms with Gasteiger partial charge in [-0.25, -0.2) is 4.39 Å². The summed E-state index contributed by atoms with van der Waals surface area (Å²) in [6.07, 6.45) is -0.664. The lowest BCUT2D eigenvalue weighted by atomic mass is 10.1. The maximum atomic E-state index is 13.0. The molecule has 1 saturated heterocycles. The second-order valence-corrected chi connectivity index (χ2v) is 4.71. The highest BCUT2D eigenvalue weighted by Gasteiger charge is 2.28. The third-order valence-corrected chi connectivity index (χ3v) is 3.26. The first kappa shape index (κ1) is 14.0. The molecule has 1 aliphatic heterocycles. The van der Waals surface area contributed by atoms with Gasteiger partial charge in [-0.05, 0) is 11.1 Å². The van der Waals surface area contributed by atoms with Crippen LogP contribution in [0.5, 0.6) is 0 Å². The molecule has 104 valence electrons. The topological polar surface area (TPSA) is 50.4 Å². The summed E-state index contributed by atoms with van der Waals surface area (Å²) in [4.78, 5) is 11.9. The number of carbonyl (C=O) groups is 1. The molecular formula is C14H19FN2O2. The minimum Gasteiger partial charge on any atom is -0.380 e. The average molecular weight is 266 g/mol. The Bertz CT molecular complexity index is 439. The zero-order valence-electron chi connectivity index (χ0n) is 11.0. The van der Waals surface area contributed by atoms with E-state index in [9.17, 15) is 9.18 Å². The minimum absolute atomic E-state index is 0.146. The third kappa shape index (κ3) is 3.75. The molecule has 0 aliphatic carbocycles. The van der Waals surface area contributed by atoms with Crippen LogP contribution in [0.1, 0.15) is 17.5 Å². The van der Waals surface area contributed by atoms with Gasteiger partial charge in [0.05, 0.1) is 12.6 Å². The number of halogens is 1. The summed E-state index contributed by atoms with van der Waals surface area (Å²) < 4.78 is 18.1. The van der Waals surface area contributed by atoms with Gasteiger partial charge in [0.25, 0.3) is 0 Å². The summed E-state index contributed by atoms with van der Waals surface area (Å²) >= 11 is 0. The molecule has 19 heavy (non-hydrogen) atoms. The Hall–Kier alpha value is -1.46. The normalized spacial score (nSPS) is 22.4. The van der Waals surface area contributed by atoms with Crippen molar-refractivity contribution in [1.82, 2.24) is 10.6 Å². The van der Waals surface area contributed by atoms with Crippen molar-refractivity contribution in [1.29, 1.82) is 0 Å². The third-order valence-electron chi connectivity index (χ3n) is 3.26.